The minimum Gasteiger partial charge on any atom is -0.103 e. The van der Waals surface area contributed by atoms with E-state index in [4.69, 9.17) is 0 Å². The molecule has 14 heavy (non-hydrogen) atoms. The molecule has 0 nitrogen and oxygen atoms in total. The highest BCUT2D eigenvalue weighted by Gasteiger charge is 2.18. The van der Waals surface area contributed by atoms with Gasteiger partial charge in [0.25, 0.3) is 0 Å². The van der Waals surface area contributed by atoms with Crippen LogP contribution in [0.1, 0.15) is 59.8 Å². The zero-order valence-corrected chi connectivity index (χ0v) is 10.6. The maximum atomic E-state index is 3.93. The van der Waals surface area contributed by atoms with Gasteiger partial charge in [0.05, 0.1) is 0 Å². The third kappa shape index (κ3) is 4.83. The van der Waals surface area contributed by atoms with Crippen LogP contribution in [0, 0.1) is 17.8 Å². The summed E-state index contributed by atoms with van der Waals surface area (Å²) in [6.07, 6.45) is 8.89. The molecule has 0 heteroatoms. The van der Waals surface area contributed by atoms with Crippen molar-refractivity contribution in [2.24, 2.45) is 17.8 Å². The molecule has 0 aliphatic rings. The van der Waals surface area contributed by atoms with Gasteiger partial charge in [-0.25, -0.2) is 0 Å². The summed E-state index contributed by atoms with van der Waals surface area (Å²) in [5, 5.41) is 0. The van der Waals surface area contributed by atoms with Gasteiger partial charge in [-0.15, -0.1) is 6.58 Å². The fourth-order valence-electron chi connectivity index (χ4n) is 2.15. The van der Waals surface area contributed by atoms with Crippen LogP contribution in [0.4, 0.5) is 0 Å². The van der Waals surface area contributed by atoms with Crippen molar-refractivity contribution >= 4 is 0 Å². The number of hydrogen-bond donors (Lipinski definition) is 0. The Morgan fingerprint density at radius 3 is 2.21 bits per heavy atom. The maximum Gasteiger partial charge on any atom is -0.0211 e. The zero-order chi connectivity index (χ0) is 11.0. The Hall–Kier alpha value is -0.260. The SMILES string of the molecule is C=CC(CC)C(C)C(C)CCCCC. The molecule has 0 aliphatic carbocycles. The molecule has 0 fully saturated rings. The third-order valence-corrected chi connectivity index (χ3v) is 3.61. The van der Waals surface area contributed by atoms with Crippen LogP contribution in [0.5, 0.6) is 0 Å². The molecule has 0 aromatic heterocycles. The normalized spacial score (nSPS) is 17.4. The highest BCUT2D eigenvalue weighted by atomic mass is 14.2. The molecule has 0 aromatic rings. The second-order valence-corrected chi connectivity index (χ2v) is 4.64. The summed E-state index contributed by atoms with van der Waals surface area (Å²) in [7, 11) is 0. The van der Waals surface area contributed by atoms with Crippen LogP contribution in [0.15, 0.2) is 12.7 Å². The first-order valence-corrected chi connectivity index (χ1v) is 6.29. The van der Waals surface area contributed by atoms with Gasteiger partial charge in [0.2, 0.25) is 0 Å². The maximum absolute atomic E-state index is 3.93. The van der Waals surface area contributed by atoms with Crippen molar-refractivity contribution in [1.29, 1.82) is 0 Å². The van der Waals surface area contributed by atoms with E-state index in [1.165, 1.54) is 32.1 Å². The molecule has 84 valence electrons. The lowest BCUT2D eigenvalue weighted by atomic mass is 9.80. The molecule has 0 spiro atoms. The van der Waals surface area contributed by atoms with Crippen LogP contribution in [0.2, 0.25) is 0 Å². The van der Waals surface area contributed by atoms with E-state index in [9.17, 15) is 0 Å². The quantitative estimate of drug-likeness (QED) is 0.376. The molecule has 3 atom stereocenters. The summed E-state index contributed by atoms with van der Waals surface area (Å²) in [4.78, 5) is 0. The molecule has 0 heterocycles. The van der Waals surface area contributed by atoms with E-state index < -0.39 is 0 Å². The van der Waals surface area contributed by atoms with Gasteiger partial charge >= 0.3 is 0 Å². The van der Waals surface area contributed by atoms with Gasteiger partial charge in [-0.1, -0.05) is 59.5 Å². The van der Waals surface area contributed by atoms with E-state index in [0.29, 0.717) is 5.92 Å². The summed E-state index contributed by atoms with van der Waals surface area (Å²) >= 11 is 0. The molecule has 0 amide bonds. The first-order valence-electron chi connectivity index (χ1n) is 6.29. The number of hydrogen-bond acceptors (Lipinski definition) is 0. The predicted molar refractivity (Wildman–Crippen MR) is 66.4 cm³/mol. The van der Waals surface area contributed by atoms with Crippen molar-refractivity contribution in [3.05, 3.63) is 12.7 Å². The average molecular weight is 196 g/mol. The minimum absolute atomic E-state index is 0.714. The van der Waals surface area contributed by atoms with Crippen molar-refractivity contribution in [1.82, 2.24) is 0 Å². The summed E-state index contributed by atoms with van der Waals surface area (Å²) in [6.45, 7) is 13.2. The van der Waals surface area contributed by atoms with E-state index in [1.807, 2.05) is 0 Å². The van der Waals surface area contributed by atoms with E-state index in [1.54, 1.807) is 0 Å². The van der Waals surface area contributed by atoms with Crippen LogP contribution in [-0.4, -0.2) is 0 Å². The predicted octanol–water partition coefficient (Wildman–Crippen LogP) is 5.05. The summed E-state index contributed by atoms with van der Waals surface area (Å²) in [5.74, 6) is 2.37. The molecule has 0 aromatic carbocycles. The first-order chi connectivity index (χ1) is 6.67. The molecule has 0 saturated carbocycles. The largest absolute Gasteiger partial charge is 0.103 e. The number of allylic oxidation sites excluding steroid dienone is 1. The van der Waals surface area contributed by atoms with Gasteiger partial charge in [0.1, 0.15) is 0 Å². The number of rotatable bonds is 8. The number of unbranched alkanes of at least 4 members (excludes halogenated alkanes) is 2. The molecule has 0 aliphatic heterocycles. The van der Waals surface area contributed by atoms with Crippen molar-refractivity contribution in [2.75, 3.05) is 0 Å². The smallest absolute Gasteiger partial charge is 0.0211 e. The molecule has 0 N–H and O–H groups in total. The molecule has 0 radical (unpaired) electrons. The van der Waals surface area contributed by atoms with Crippen LogP contribution >= 0.6 is 0 Å². The van der Waals surface area contributed by atoms with Crippen LogP contribution in [-0.2, 0) is 0 Å². The zero-order valence-electron chi connectivity index (χ0n) is 10.6. The molecular weight excluding hydrogens is 168 g/mol. The summed E-state index contributed by atoms with van der Waals surface area (Å²) in [5.41, 5.74) is 0. The van der Waals surface area contributed by atoms with Gasteiger partial charge in [0, 0.05) is 0 Å². The van der Waals surface area contributed by atoms with Crippen molar-refractivity contribution in [2.45, 2.75) is 59.8 Å². The van der Waals surface area contributed by atoms with Crippen LogP contribution in [0.25, 0.3) is 0 Å². The van der Waals surface area contributed by atoms with Gasteiger partial charge in [0.15, 0.2) is 0 Å². The molecule has 0 rings (SSSR count). The monoisotopic (exact) mass is 196 g/mol. The fourth-order valence-corrected chi connectivity index (χ4v) is 2.15. The summed E-state index contributed by atoms with van der Waals surface area (Å²) < 4.78 is 0. The Labute approximate surface area is 90.8 Å². The Balaban J connectivity index is 3.83. The van der Waals surface area contributed by atoms with E-state index in [2.05, 4.69) is 40.3 Å². The third-order valence-electron chi connectivity index (χ3n) is 3.61. The lowest BCUT2D eigenvalue weighted by Crippen LogP contribution is -2.16. The lowest BCUT2D eigenvalue weighted by molar-refractivity contribution is 0.278. The Kier molecular flexibility index (Phi) is 7.93. The molecular formula is C14H28. The van der Waals surface area contributed by atoms with E-state index >= 15 is 0 Å². The second-order valence-electron chi connectivity index (χ2n) is 4.64. The fraction of sp³-hybridized carbons (Fsp3) is 0.857. The Bertz CT molecular complexity index is 137. The highest BCUT2D eigenvalue weighted by molar-refractivity contribution is 4.83. The molecule has 0 saturated heterocycles. The second kappa shape index (κ2) is 8.08. The Morgan fingerprint density at radius 2 is 1.79 bits per heavy atom. The summed E-state index contributed by atoms with van der Waals surface area (Å²) in [6, 6.07) is 0. The Morgan fingerprint density at radius 1 is 1.14 bits per heavy atom. The van der Waals surface area contributed by atoms with Gasteiger partial charge < -0.3 is 0 Å². The van der Waals surface area contributed by atoms with E-state index in [0.717, 1.165) is 11.8 Å². The average Bonchev–Trinajstić information content (AvgIpc) is 2.19. The van der Waals surface area contributed by atoms with Crippen molar-refractivity contribution < 1.29 is 0 Å². The topological polar surface area (TPSA) is 0 Å². The van der Waals surface area contributed by atoms with Gasteiger partial charge in [-0.05, 0) is 24.2 Å². The lowest BCUT2D eigenvalue weighted by Gasteiger charge is -2.25. The van der Waals surface area contributed by atoms with E-state index in [-0.39, 0.29) is 0 Å². The highest BCUT2D eigenvalue weighted by Crippen LogP contribution is 2.27. The van der Waals surface area contributed by atoms with Crippen molar-refractivity contribution in [3.8, 4) is 0 Å². The van der Waals surface area contributed by atoms with Gasteiger partial charge in [-0.3, -0.25) is 0 Å². The molecule has 0 bridgehead atoms. The first kappa shape index (κ1) is 13.7. The van der Waals surface area contributed by atoms with Gasteiger partial charge in [-0.2, -0.15) is 0 Å². The van der Waals surface area contributed by atoms with Crippen molar-refractivity contribution in [3.63, 3.8) is 0 Å². The standard InChI is InChI=1S/C14H28/c1-6-9-10-11-12(4)13(5)14(7-2)8-3/h7,12-14H,2,6,8-11H2,1,3-5H3. The van der Waals surface area contributed by atoms with Crippen LogP contribution < -0.4 is 0 Å². The minimum atomic E-state index is 0.714. The van der Waals surface area contributed by atoms with Crippen LogP contribution in [0.3, 0.4) is 0 Å². The molecule has 3 unspecified atom stereocenters.